The predicted molar refractivity (Wildman–Crippen MR) is 128 cm³/mol. The maximum atomic E-state index is 12.7. The molecular weight excluding hydrogens is 440 g/mol. The minimum Gasteiger partial charge on any atom is -0.486 e. The smallest absolute Gasteiger partial charge is 0.226 e. The minimum atomic E-state index is -0.105. The first-order valence-corrected chi connectivity index (χ1v) is 12.9. The lowest BCUT2D eigenvalue weighted by Crippen LogP contribution is -2.44. The fourth-order valence-electron chi connectivity index (χ4n) is 4.66. The number of allylic oxidation sites excluding steroid dienone is 2. The third-order valence-corrected chi connectivity index (χ3v) is 7.07. The number of carbonyl (C=O) groups excluding carboxylic acids is 2. The number of thiazole rings is 1. The Bertz CT molecular complexity index is 864. The summed E-state index contributed by atoms with van der Waals surface area (Å²) in [6.45, 7) is 6.40. The van der Waals surface area contributed by atoms with E-state index in [0.717, 1.165) is 37.6 Å². The van der Waals surface area contributed by atoms with Crippen LogP contribution in [0.2, 0.25) is 0 Å². The molecule has 2 aliphatic heterocycles. The summed E-state index contributed by atoms with van der Waals surface area (Å²) >= 11 is 1.39. The fourth-order valence-corrected chi connectivity index (χ4v) is 5.20. The summed E-state index contributed by atoms with van der Waals surface area (Å²) < 4.78 is 11.5. The number of carbonyl (C=O) groups is 2. The summed E-state index contributed by atoms with van der Waals surface area (Å²) in [5.41, 5.74) is 0. The van der Waals surface area contributed by atoms with Crippen molar-refractivity contribution in [2.75, 3.05) is 38.2 Å². The SMILES string of the molecule is CC1C=C2OCCOC2=CC1CC(CN1CCCC1)NC(=O)CCCC(=O)Nc1nccs1. The van der Waals surface area contributed by atoms with Gasteiger partial charge in [0.05, 0.1) is 0 Å². The molecule has 1 aliphatic carbocycles. The van der Waals surface area contributed by atoms with E-state index in [1.165, 1.54) is 24.2 Å². The maximum Gasteiger partial charge on any atom is 0.226 e. The Hall–Kier alpha value is -2.39. The first-order chi connectivity index (χ1) is 16.1. The summed E-state index contributed by atoms with van der Waals surface area (Å²) in [5.74, 6) is 2.18. The second-order valence-electron chi connectivity index (χ2n) is 9.03. The molecule has 0 radical (unpaired) electrons. The highest BCUT2D eigenvalue weighted by molar-refractivity contribution is 7.13. The normalized spacial score (nSPS) is 23.4. The molecule has 0 aromatic carbocycles. The number of hydrogen-bond acceptors (Lipinski definition) is 7. The van der Waals surface area contributed by atoms with Crippen LogP contribution in [0.5, 0.6) is 0 Å². The van der Waals surface area contributed by atoms with Gasteiger partial charge in [-0.2, -0.15) is 0 Å². The van der Waals surface area contributed by atoms with Crippen molar-refractivity contribution in [2.45, 2.75) is 51.5 Å². The zero-order chi connectivity index (χ0) is 23.0. The average molecular weight is 475 g/mol. The van der Waals surface area contributed by atoms with Crippen LogP contribution in [0.25, 0.3) is 0 Å². The third kappa shape index (κ3) is 7.04. The zero-order valence-electron chi connectivity index (χ0n) is 19.3. The number of fused-ring (bicyclic) bond motifs is 1. The van der Waals surface area contributed by atoms with Crippen LogP contribution < -0.4 is 10.6 Å². The second kappa shape index (κ2) is 11.7. The van der Waals surface area contributed by atoms with Crippen molar-refractivity contribution in [2.24, 2.45) is 11.8 Å². The van der Waals surface area contributed by atoms with Crippen LogP contribution >= 0.6 is 11.3 Å². The van der Waals surface area contributed by atoms with E-state index in [-0.39, 0.29) is 23.8 Å². The summed E-state index contributed by atoms with van der Waals surface area (Å²) in [6, 6.07) is 0.0588. The molecule has 1 aromatic rings. The Morgan fingerprint density at radius 3 is 2.61 bits per heavy atom. The number of nitrogens with zero attached hydrogens (tertiary/aromatic N) is 2. The van der Waals surface area contributed by atoms with Crippen molar-refractivity contribution in [3.05, 3.63) is 35.2 Å². The summed E-state index contributed by atoms with van der Waals surface area (Å²) in [5, 5.41) is 8.43. The molecule has 2 N–H and O–H groups in total. The molecule has 0 bridgehead atoms. The molecule has 2 fully saturated rings. The predicted octanol–water partition coefficient (Wildman–Crippen LogP) is 3.30. The Kier molecular flexibility index (Phi) is 8.39. The van der Waals surface area contributed by atoms with E-state index in [1.54, 1.807) is 6.20 Å². The van der Waals surface area contributed by atoms with Crippen LogP contribution in [0.3, 0.4) is 0 Å². The van der Waals surface area contributed by atoms with Crippen LogP contribution in [0.15, 0.2) is 35.2 Å². The Morgan fingerprint density at radius 1 is 1.15 bits per heavy atom. The molecule has 3 unspecified atom stereocenters. The fraction of sp³-hybridized carbons (Fsp3) is 0.625. The highest BCUT2D eigenvalue weighted by atomic mass is 32.1. The molecule has 0 spiro atoms. The molecule has 180 valence electrons. The molecule has 8 nitrogen and oxygen atoms in total. The van der Waals surface area contributed by atoms with Crippen LogP contribution in [-0.4, -0.2) is 60.6 Å². The van der Waals surface area contributed by atoms with E-state index in [9.17, 15) is 9.59 Å². The zero-order valence-corrected chi connectivity index (χ0v) is 20.1. The van der Waals surface area contributed by atoms with Crippen LogP contribution in [0.1, 0.15) is 45.4 Å². The molecule has 9 heteroatoms. The van der Waals surface area contributed by atoms with Gasteiger partial charge in [0.25, 0.3) is 0 Å². The van der Waals surface area contributed by atoms with Gasteiger partial charge in [0.15, 0.2) is 16.6 Å². The summed E-state index contributed by atoms with van der Waals surface area (Å²) in [7, 11) is 0. The number of anilines is 1. The van der Waals surface area contributed by atoms with Gasteiger partial charge < -0.3 is 25.0 Å². The van der Waals surface area contributed by atoms with E-state index < -0.39 is 0 Å². The molecule has 2 amide bonds. The minimum absolute atomic E-state index is 0.00541. The molecule has 3 aliphatic rings. The number of nitrogens with one attached hydrogen (secondary N) is 2. The largest absolute Gasteiger partial charge is 0.486 e. The van der Waals surface area contributed by atoms with Crippen molar-refractivity contribution in [1.82, 2.24) is 15.2 Å². The van der Waals surface area contributed by atoms with Crippen molar-refractivity contribution < 1.29 is 19.1 Å². The highest BCUT2D eigenvalue weighted by Crippen LogP contribution is 2.33. The standard InChI is InChI=1S/C24H34N4O4S/c1-17-13-20-21(32-11-10-31-20)15-18(17)14-19(16-28-8-2-3-9-28)26-22(29)5-4-6-23(30)27-24-25-7-12-33-24/h7,12-13,15,17-19H,2-6,8-11,14,16H2,1H3,(H,26,29)(H,25,27,30). The van der Waals surface area contributed by atoms with E-state index in [4.69, 9.17) is 9.47 Å². The van der Waals surface area contributed by atoms with Crippen molar-refractivity contribution in [1.29, 1.82) is 0 Å². The van der Waals surface area contributed by atoms with Crippen LogP contribution in [-0.2, 0) is 19.1 Å². The van der Waals surface area contributed by atoms with Crippen LogP contribution in [0, 0.1) is 11.8 Å². The topological polar surface area (TPSA) is 92.8 Å². The van der Waals surface area contributed by atoms with Gasteiger partial charge in [0.1, 0.15) is 13.2 Å². The highest BCUT2D eigenvalue weighted by Gasteiger charge is 2.29. The lowest BCUT2D eigenvalue weighted by atomic mass is 9.83. The third-order valence-electron chi connectivity index (χ3n) is 6.38. The molecule has 4 rings (SSSR count). The van der Waals surface area contributed by atoms with E-state index in [2.05, 4.69) is 39.6 Å². The number of ether oxygens (including phenoxy) is 2. The first-order valence-electron chi connectivity index (χ1n) is 12.0. The summed E-state index contributed by atoms with van der Waals surface area (Å²) in [4.78, 5) is 31.3. The second-order valence-corrected chi connectivity index (χ2v) is 9.92. The van der Waals surface area contributed by atoms with Crippen molar-refractivity contribution in [3.63, 3.8) is 0 Å². The van der Waals surface area contributed by atoms with Gasteiger partial charge in [-0.3, -0.25) is 9.59 Å². The van der Waals surface area contributed by atoms with E-state index in [1.807, 2.05) is 5.38 Å². The molecule has 1 aromatic heterocycles. The number of likely N-dealkylation sites (tertiary alicyclic amines) is 1. The first kappa shape index (κ1) is 23.8. The molecule has 2 saturated heterocycles. The van der Waals surface area contributed by atoms with Gasteiger partial charge in [-0.05, 0) is 62.8 Å². The lowest BCUT2D eigenvalue weighted by molar-refractivity contribution is -0.122. The van der Waals surface area contributed by atoms with Gasteiger partial charge in [0.2, 0.25) is 11.8 Å². The van der Waals surface area contributed by atoms with Crippen LogP contribution in [0.4, 0.5) is 5.13 Å². The average Bonchev–Trinajstić information content (AvgIpc) is 3.48. The summed E-state index contributed by atoms with van der Waals surface area (Å²) in [6.07, 6.45) is 10.4. The molecule has 3 atom stereocenters. The Morgan fingerprint density at radius 2 is 1.88 bits per heavy atom. The molecule has 3 heterocycles. The number of amides is 2. The Balaban J connectivity index is 1.28. The number of rotatable bonds is 10. The van der Waals surface area contributed by atoms with E-state index in [0.29, 0.717) is 43.5 Å². The Labute approximate surface area is 199 Å². The van der Waals surface area contributed by atoms with Gasteiger partial charge in [0, 0.05) is 37.0 Å². The molecular formula is C24H34N4O4S. The molecule has 0 saturated carbocycles. The van der Waals surface area contributed by atoms with Gasteiger partial charge in [-0.25, -0.2) is 4.98 Å². The van der Waals surface area contributed by atoms with Gasteiger partial charge in [-0.1, -0.05) is 6.92 Å². The number of aromatic nitrogens is 1. The van der Waals surface area contributed by atoms with Gasteiger partial charge >= 0.3 is 0 Å². The monoisotopic (exact) mass is 474 g/mol. The molecule has 33 heavy (non-hydrogen) atoms. The quantitative estimate of drug-likeness (QED) is 0.541. The number of hydrogen-bond donors (Lipinski definition) is 2. The van der Waals surface area contributed by atoms with Crippen molar-refractivity contribution in [3.8, 4) is 0 Å². The van der Waals surface area contributed by atoms with Gasteiger partial charge in [-0.15, -0.1) is 11.3 Å². The van der Waals surface area contributed by atoms with E-state index >= 15 is 0 Å². The maximum absolute atomic E-state index is 12.7. The lowest BCUT2D eigenvalue weighted by Gasteiger charge is -2.33. The van der Waals surface area contributed by atoms with Crippen molar-refractivity contribution >= 4 is 28.3 Å².